The second kappa shape index (κ2) is 11.7. The molecule has 1 aromatic carbocycles. The normalized spacial score (nSPS) is 19.6. The Morgan fingerprint density at radius 3 is 2.60 bits per heavy atom. The summed E-state index contributed by atoms with van der Waals surface area (Å²) < 4.78 is 36.6. The zero-order chi connectivity index (χ0) is 30.1. The molecule has 2 saturated carbocycles. The van der Waals surface area contributed by atoms with Crippen LogP contribution < -0.4 is 15.4 Å². The maximum Gasteiger partial charge on any atom is 0.240 e. The van der Waals surface area contributed by atoms with Crippen LogP contribution in [0, 0.1) is 11.2 Å². The lowest BCUT2D eigenvalue weighted by atomic mass is 10.0. The number of benzene rings is 1. The van der Waals surface area contributed by atoms with Gasteiger partial charge in [-0.2, -0.15) is 5.10 Å². The van der Waals surface area contributed by atoms with E-state index in [9.17, 15) is 14.0 Å². The van der Waals surface area contributed by atoms with Crippen LogP contribution in [0.15, 0.2) is 55.1 Å². The van der Waals surface area contributed by atoms with Gasteiger partial charge in [0.1, 0.15) is 17.3 Å². The van der Waals surface area contributed by atoms with Crippen molar-refractivity contribution in [2.45, 2.75) is 77.0 Å². The van der Waals surface area contributed by atoms with E-state index in [4.69, 9.17) is 4.74 Å². The van der Waals surface area contributed by atoms with Gasteiger partial charge in [-0.25, -0.2) is 8.78 Å². The monoisotopic (exact) mass is 588 g/mol. The third-order valence-corrected chi connectivity index (χ3v) is 8.28. The quantitative estimate of drug-likeness (QED) is 0.179. The molecule has 43 heavy (non-hydrogen) atoms. The van der Waals surface area contributed by atoms with E-state index in [1.165, 1.54) is 18.2 Å². The summed E-state index contributed by atoms with van der Waals surface area (Å²) >= 11 is 0. The Morgan fingerprint density at radius 1 is 1.02 bits per heavy atom. The van der Waals surface area contributed by atoms with Gasteiger partial charge in [-0.15, -0.1) is 0 Å². The van der Waals surface area contributed by atoms with Crippen LogP contribution in [0.25, 0.3) is 22.2 Å². The first kappa shape index (κ1) is 28.7. The largest absolute Gasteiger partial charge is 0.453 e. The van der Waals surface area contributed by atoms with Gasteiger partial charge < -0.3 is 15.4 Å². The number of rotatable bonds is 8. The van der Waals surface area contributed by atoms with Crippen LogP contribution in [0.3, 0.4) is 0 Å². The van der Waals surface area contributed by atoms with Crippen LogP contribution in [0.2, 0.25) is 0 Å². The minimum atomic E-state index is -1.18. The molecule has 2 aliphatic rings. The molecule has 9 nitrogen and oxygen atoms in total. The molecule has 0 spiro atoms. The summed E-state index contributed by atoms with van der Waals surface area (Å²) in [6.45, 7) is 4.09. The fraction of sp³-hybridized carbons (Fsp3) is 0.406. The lowest BCUT2D eigenvalue weighted by molar-refractivity contribution is -0.134. The molecule has 0 aliphatic heterocycles. The molecule has 2 atom stereocenters. The summed E-state index contributed by atoms with van der Waals surface area (Å²) in [5.41, 5.74) is 1.24. The van der Waals surface area contributed by atoms with E-state index in [2.05, 4.69) is 25.7 Å². The molecule has 6 rings (SSSR count). The van der Waals surface area contributed by atoms with Crippen LogP contribution in [-0.2, 0) is 9.59 Å². The molecule has 2 aliphatic carbocycles. The highest BCUT2D eigenvalue weighted by Gasteiger charge is 2.56. The van der Waals surface area contributed by atoms with Crippen LogP contribution in [0.5, 0.6) is 11.5 Å². The second-order valence-electron chi connectivity index (χ2n) is 11.8. The van der Waals surface area contributed by atoms with E-state index >= 15 is 4.39 Å². The van der Waals surface area contributed by atoms with Gasteiger partial charge in [0.25, 0.3) is 0 Å². The second-order valence-corrected chi connectivity index (χ2v) is 11.8. The summed E-state index contributed by atoms with van der Waals surface area (Å²) in [6, 6.07) is 7.67. The number of hydrogen-bond acceptors (Lipinski definition) is 6. The molecule has 0 saturated heterocycles. The van der Waals surface area contributed by atoms with Crippen molar-refractivity contribution in [1.29, 1.82) is 0 Å². The van der Waals surface area contributed by atoms with E-state index in [1.807, 2.05) is 30.8 Å². The first-order valence-corrected chi connectivity index (χ1v) is 14.7. The van der Waals surface area contributed by atoms with Gasteiger partial charge in [-0.3, -0.25) is 24.2 Å². The number of pyridine rings is 2. The van der Waals surface area contributed by atoms with Gasteiger partial charge in [-0.05, 0) is 83.1 Å². The predicted molar refractivity (Wildman–Crippen MR) is 158 cm³/mol. The summed E-state index contributed by atoms with van der Waals surface area (Å²) in [6.07, 6.45) is 9.76. The van der Waals surface area contributed by atoms with Crippen LogP contribution in [0.1, 0.15) is 64.8 Å². The van der Waals surface area contributed by atoms with E-state index in [0.717, 1.165) is 5.56 Å². The fourth-order valence-electron chi connectivity index (χ4n) is 5.45. The number of hydrogen-bond donors (Lipinski definition) is 2. The number of carbonyl (C=O) groups excluding carboxylic acids is 2. The molecule has 2 amide bonds. The van der Waals surface area contributed by atoms with E-state index in [-0.39, 0.29) is 29.4 Å². The molecule has 2 fully saturated rings. The van der Waals surface area contributed by atoms with Crippen molar-refractivity contribution in [3.63, 3.8) is 0 Å². The van der Waals surface area contributed by atoms with Crippen molar-refractivity contribution < 1.29 is 23.1 Å². The highest BCUT2D eigenvalue weighted by atomic mass is 19.1. The molecule has 3 aromatic heterocycles. The first-order valence-electron chi connectivity index (χ1n) is 14.7. The zero-order valence-corrected chi connectivity index (χ0v) is 24.1. The van der Waals surface area contributed by atoms with Crippen molar-refractivity contribution >= 4 is 28.4 Å². The molecular weight excluding hydrogens is 554 g/mol. The highest BCUT2D eigenvalue weighted by molar-refractivity contribution is 6.13. The molecule has 4 aromatic rings. The lowest BCUT2D eigenvalue weighted by Crippen LogP contribution is -2.44. The summed E-state index contributed by atoms with van der Waals surface area (Å²) in [4.78, 5) is 35.1. The van der Waals surface area contributed by atoms with Crippen molar-refractivity contribution in [2.75, 3.05) is 5.32 Å². The van der Waals surface area contributed by atoms with Crippen LogP contribution in [0.4, 0.5) is 14.5 Å². The van der Waals surface area contributed by atoms with Gasteiger partial charge in [0.05, 0.1) is 22.8 Å². The predicted octanol–water partition coefficient (Wildman–Crippen LogP) is 6.51. The third kappa shape index (κ3) is 6.07. The maximum absolute atomic E-state index is 15.2. The third-order valence-electron chi connectivity index (χ3n) is 8.28. The van der Waals surface area contributed by atoms with Gasteiger partial charge in [-0.1, -0.05) is 0 Å². The van der Waals surface area contributed by atoms with Gasteiger partial charge in [0, 0.05) is 48.0 Å². The van der Waals surface area contributed by atoms with E-state index in [1.54, 1.807) is 24.7 Å². The van der Waals surface area contributed by atoms with E-state index in [0.29, 0.717) is 67.3 Å². The molecule has 11 heteroatoms. The SMILES string of the molecule is CC(C)n1cc(-c2cc3nccc(Oc4ccc(NC(=O)C5(C(=O)NC6CCC[C@@H](F)CC6)CC5)cc4F)c3cn2)cn1. The molecule has 0 bridgehead atoms. The Hall–Kier alpha value is -4.41. The van der Waals surface area contributed by atoms with Crippen molar-refractivity contribution in [3.8, 4) is 22.8 Å². The summed E-state index contributed by atoms with van der Waals surface area (Å²) in [7, 11) is 0. The Bertz CT molecular complexity index is 1670. The van der Waals surface area contributed by atoms with Crippen LogP contribution in [-0.4, -0.2) is 43.8 Å². The lowest BCUT2D eigenvalue weighted by Gasteiger charge is -2.21. The number of aromatic nitrogens is 4. The smallest absolute Gasteiger partial charge is 0.240 e. The number of nitrogens with zero attached hydrogens (tertiary/aromatic N) is 4. The number of fused-ring (bicyclic) bond motifs is 1. The minimum Gasteiger partial charge on any atom is -0.453 e. The minimum absolute atomic E-state index is 0.0359. The number of nitrogens with one attached hydrogen (secondary N) is 2. The number of ether oxygens (including phenoxy) is 1. The average Bonchev–Trinajstić information content (AvgIpc) is 3.70. The zero-order valence-electron chi connectivity index (χ0n) is 24.1. The molecule has 3 heterocycles. The Balaban J connectivity index is 1.13. The number of amides is 2. The topological polar surface area (TPSA) is 111 Å². The fourth-order valence-corrected chi connectivity index (χ4v) is 5.45. The number of alkyl halides is 1. The van der Waals surface area contributed by atoms with Crippen molar-refractivity contribution in [2.24, 2.45) is 5.41 Å². The molecular formula is C32H34F2N6O3. The number of carbonyl (C=O) groups is 2. The van der Waals surface area contributed by atoms with Gasteiger partial charge in [0.15, 0.2) is 11.6 Å². The number of anilines is 1. The Kier molecular flexibility index (Phi) is 7.81. The van der Waals surface area contributed by atoms with Gasteiger partial charge >= 0.3 is 0 Å². The maximum atomic E-state index is 15.2. The standard InChI is InChI=1S/C32H34F2N6O3/c1-19(2)40-18-20(16-37-40)26-15-27-24(17-36-26)28(10-13-35-27)43-29-9-8-23(14-25(29)34)39-31(42)32(11-12-32)30(41)38-22-5-3-4-21(33)6-7-22/h8-10,13-19,21-22H,3-7,11-12H2,1-2H3,(H,38,41)(H,39,42)/t21-,22?/m1/s1. The number of halogens is 2. The first-order chi connectivity index (χ1) is 20.7. The van der Waals surface area contributed by atoms with Crippen LogP contribution >= 0.6 is 0 Å². The van der Waals surface area contributed by atoms with Crippen molar-refractivity contribution in [3.05, 3.63) is 60.9 Å². The highest BCUT2D eigenvalue weighted by Crippen LogP contribution is 2.47. The summed E-state index contributed by atoms with van der Waals surface area (Å²) in [5, 5.41) is 10.6. The summed E-state index contributed by atoms with van der Waals surface area (Å²) in [5.74, 6) is -1.16. The molecule has 0 radical (unpaired) electrons. The Morgan fingerprint density at radius 2 is 1.86 bits per heavy atom. The van der Waals surface area contributed by atoms with Gasteiger partial charge in [0.2, 0.25) is 11.8 Å². The Labute approximate surface area is 248 Å². The average molecular weight is 589 g/mol. The van der Waals surface area contributed by atoms with E-state index < -0.39 is 23.3 Å². The molecule has 2 N–H and O–H groups in total. The van der Waals surface area contributed by atoms with Crippen molar-refractivity contribution in [1.82, 2.24) is 25.1 Å². The molecule has 1 unspecified atom stereocenters. The molecule has 224 valence electrons.